The first kappa shape index (κ1) is 18.1. The van der Waals surface area contributed by atoms with E-state index >= 15 is 0 Å². The second kappa shape index (κ2) is 7.75. The molecule has 1 fully saturated rings. The molecule has 0 amide bonds. The Labute approximate surface area is 160 Å². The Morgan fingerprint density at radius 2 is 1.57 bits per heavy atom. The molecule has 1 aliphatic heterocycles. The summed E-state index contributed by atoms with van der Waals surface area (Å²) in [6, 6.07) is 11.8. The summed E-state index contributed by atoms with van der Waals surface area (Å²) in [5, 5.41) is 2.77. The van der Waals surface area contributed by atoms with Crippen molar-refractivity contribution in [3.63, 3.8) is 0 Å². The fraction of sp³-hybridized carbons (Fsp3) is 0.200. The number of halogens is 3. The maximum atomic E-state index is 14.0. The van der Waals surface area contributed by atoms with Crippen molar-refractivity contribution in [2.45, 2.75) is 0 Å². The largest absolute Gasteiger partial charge is 0.366 e. The predicted octanol–water partition coefficient (Wildman–Crippen LogP) is 3.96. The smallest absolute Gasteiger partial charge is 0.229 e. The highest BCUT2D eigenvalue weighted by Gasteiger charge is 2.20. The molecular formula is C20H18F3N5. The van der Waals surface area contributed by atoms with Crippen molar-refractivity contribution in [1.82, 2.24) is 9.97 Å². The fourth-order valence-electron chi connectivity index (χ4n) is 3.18. The standard InChI is InChI=1S/C20H18F3N5/c21-14-5-6-17(16(23)13-14)25-20-24-8-7-19(26-20)28-11-9-27(10-12-28)18-4-2-1-3-15(18)22/h1-8,13H,9-12H2,(H,24,25,26). The summed E-state index contributed by atoms with van der Waals surface area (Å²) in [5.41, 5.74) is 0.696. The minimum Gasteiger partial charge on any atom is -0.366 e. The Kier molecular flexibility index (Phi) is 5.01. The summed E-state index contributed by atoms with van der Waals surface area (Å²) < 4.78 is 40.8. The van der Waals surface area contributed by atoms with E-state index in [9.17, 15) is 13.2 Å². The number of benzene rings is 2. The van der Waals surface area contributed by atoms with E-state index < -0.39 is 11.6 Å². The zero-order valence-corrected chi connectivity index (χ0v) is 14.9. The molecule has 0 radical (unpaired) electrons. The van der Waals surface area contributed by atoms with Gasteiger partial charge in [-0.05, 0) is 30.3 Å². The van der Waals surface area contributed by atoms with Gasteiger partial charge in [-0.2, -0.15) is 4.98 Å². The van der Waals surface area contributed by atoms with Gasteiger partial charge >= 0.3 is 0 Å². The molecule has 28 heavy (non-hydrogen) atoms. The van der Waals surface area contributed by atoms with Gasteiger partial charge in [0.25, 0.3) is 0 Å². The van der Waals surface area contributed by atoms with E-state index in [1.807, 2.05) is 11.0 Å². The molecule has 5 nitrogen and oxygen atoms in total. The van der Waals surface area contributed by atoms with Crippen LogP contribution in [0.25, 0.3) is 0 Å². The van der Waals surface area contributed by atoms with Crippen LogP contribution in [0.2, 0.25) is 0 Å². The normalized spacial score (nSPS) is 14.2. The van der Waals surface area contributed by atoms with Crippen LogP contribution in [0.4, 0.5) is 36.3 Å². The summed E-state index contributed by atoms with van der Waals surface area (Å²) in [6.07, 6.45) is 1.58. The molecule has 8 heteroatoms. The third-order valence-electron chi connectivity index (χ3n) is 4.62. The van der Waals surface area contributed by atoms with Crippen LogP contribution in [0.5, 0.6) is 0 Å². The number of rotatable bonds is 4. The first-order chi connectivity index (χ1) is 13.6. The molecule has 4 rings (SSSR count). The molecule has 3 aromatic rings. The number of anilines is 4. The summed E-state index contributed by atoms with van der Waals surface area (Å²) in [5.74, 6) is -0.684. The minimum atomic E-state index is -0.715. The molecule has 0 atom stereocenters. The van der Waals surface area contributed by atoms with Crippen LogP contribution in [0.15, 0.2) is 54.7 Å². The van der Waals surface area contributed by atoms with E-state index in [0.717, 1.165) is 12.1 Å². The summed E-state index contributed by atoms with van der Waals surface area (Å²) in [4.78, 5) is 12.6. The number of aromatic nitrogens is 2. The Hall–Kier alpha value is -3.29. The lowest BCUT2D eigenvalue weighted by molar-refractivity contribution is 0.585. The number of hydrogen-bond acceptors (Lipinski definition) is 5. The predicted molar refractivity (Wildman–Crippen MR) is 102 cm³/mol. The van der Waals surface area contributed by atoms with Crippen molar-refractivity contribution >= 4 is 23.1 Å². The van der Waals surface area contributed by atoms with Gasteiger partial charge in [-0.25, -0.2) is 18.2 Å². The van der Waals surface area contributed by atoms with E-state index in [4.69, 9.17) is 0 Å². The number of nitrogens with one attached hydrogen (secondary N) is 1. The summed E-state index contributed by atoms with van der Waals surface area (Å²) in [7, 11) is 0. The van der Waals surface area contributed by atoms with E-state index in [1.165, 1.54) is 12.1 Å². The second-order valence-corrected chi connectivity index (χ2v) is 6.41. The number of nitrogens with zero attached hydrogens (tertiary/aromatic N) is 4. The second-order valence-electron chi connectivity index (χ2n) is 6.41. The SMILES string of the molecule is Fc1ccc(Nc2nccc(N3CCN(c4ccccc4F)CC3)n2)c(F)c1. The fourth-order valence-corrected chi connectivity index (χ4v) is 3.18. The van der Waals surface area contributed by atoms with Crippen LogP contribution in [0.1, 0.15) is 0 Å². The molecule has 0 bridgehead atoms. The molecular weight excluding hydrogens is 367 g/mol. The van der Waals surface area contributed by atoms with Crippen LogP contribution < -0.4 is 15.1 Å². The average Bonchev–Trinajstić information content (AvgIpc) is 2.71. The third-order valence-corrected chi connectivity index (χ3v) is 4.62. The summed E-state index contributed by atoms with van der Waals surface area (Å²) >= 11 is 0. The van der Waals surface area contributed by atoms with Gasteiger partial charge in [0, 0.05) is 38.4 Å². The monoisotopic (exact) mass is 385 g/mol. The molecule has 0 spiro atoms. The Bertz CT molecular complexity index is 974. The van der Waals surface area contributed by atoms with Gasteiger partial charge in [-0.3, -0.25) is 0 Å². The van der Waals surface area contributed by atoms with Crippen LogP contribution >= 0.6 is 0 Å². The van der Waals surface area contributed by atoms with Crippen molar-refractivity contribution < 1.29 is 13.2 Å². The molecule has 1 N–H and O–H groups in total. The van der Waals surface area contributed by atoms with Gasteiger partial charge in [-0.1, -0.05) is 12.1 Å². The first-order valence-corrected chi connectivity index (χ1v) is 8.90. The molecule has 0 aliphatic carbocycles. The Morgan fingerprint density at radius 3 is 2.32 bits per heavy atom. The van der Waals surface area contributed by atoms with Gasteiger partial charge in [0.15, 0.2) is 0 Å². The molecule has 1 aliphatic rings. The lowest BCUT2D eigenvalue weighted by atomic mass is 10.2. The van der Waals surface area contributed by atoms with Crippen molar-refractivity contribution in [2.24, 2.45) is 0 Å². The molecule has 1 saturated heterocycles. The maximum absolute atomic E-state index is 14.0. The average molecular weight is 385 g/mol. The number of hydrogen-bond donors (Lipinski definition) is 1. The third kappa shape index (κ3) is 3.85. The van der Waals surface area contributed by atoms with Gasteiger partial charge in [-0.15, -0.1) is 0 Å². The van der Waals surface area contributed by atoms with Crippen LogP contribution in [0, 0.1) is 17.5 Å². The topological polar surface area (TPSA) is 44.3 Å². The van der Waals surface area contributed by atoms with Crippen molar-refractivity contribution in [3.8, 4) is 0 Å². The summed E-state index contributed by atoms with van der Waals surface area (Å²) in [6.45, 7) is 2.63. The molecule has 2 heterocycles. The zero-order chi connectivity index (χ0) is 19.5. The highest BCUT2D eigenvalue weighted by atomic mass is 19.1. The Morgan fingerprint density at radius 1 is 0.821 bits per heavy atom. The van der Waals surface area contributed by atoms with E-state index in [1.54, 1.807) is 24.4 Å². The van der Waals surface area contributed by atoms with E-state index in [-0.39, 0.29) is 17.5 Å². The van der Waals surface area contributed by atoms with Gasteiger partial charge in [0.1, 0.15) is 23.3 Å². The van der Waals surface area contributed by atoms with Crippen molar-refractivity contribution in [2.75, 3.05) is 41.3 Å². The number of piperazine rings is 1. The molecule has 0 saturated carbocycles. The Balaban J connectivity index is 1.44. The van der Waals surface area contributed by atoms with Gasteiger partial charge < -0.3 is 15.1 Å². The molecule has 2 aromatic carbocycles. The van der Waals surface area contributed by atoms with Crippen LogP contribution in [0.3, 0.4) is 0 Å². The quantitative estimate of drug-likeness (QED) is 0.736. The lowest BCUT2D eigenvalue weighted by Crippen LogP contribution is -2.47. The minimum absolute atomic E-state index is 0.0999. The maximum Gasteiger partial charge on any atom is 0.229 e. The van der Waals surface area contributed by atoms with Gasteiger partial charge in [0.2, 0.25) is 5.95 Å². The highest BCUT2D eigenvalue weighted by molar-refractivity contribution is 5.56. The van der Waals surface area contributed by atoms with E-state index in [0.29, 0.717) is 37.7 Å². The number of para-hydroxylation sites is 1. The molecule has 144 valence electrons. The molecule has 1 aromatic heterocycles. The molecule has 0 unspecified atom stereocenters. The van der Waals surface area contributed by atoms with E-state index in [2.05, 4.69) is 20.2 Å². The van der Waals surface area contributed by atoms with Crippen molar-refractivity contribution in [3.05, 3.63) is 72.2 Å². The lowest BCUT2D eigenvalue weighted by Gasteiger charge is -2.36. The van der Waals surface area contributed by atoms with Crippen LogP contribution in [-0.2, 0) is 0 Å². The highest BCUT2D eigenvalue weighted by Crippen LogP contribution is 2.23. The zero-order valence-electron chi connectivity index (χ0n) is 14.9. The first-order valence-electron chi connectivity index (χ1n) is 8.90. The van der Waals surface area contributed by atoms with Gasteiger partial charge in [0.05, 0.1) is 11.4 Å². The van der Waals surface area contributed by atoms with Crippen molar-refractivity contribution in [1.29, 1.82) is 0 Å². The van der Waals surface area contributed by atoms with Crippen LogP contribution in [-0.4, -0.2) is 36.1 Å².